The van der Waals surface area contributed by atoms with Crippen LogP contribution in [0.3, 0.4) is 0 Å². The third-order valence-electron chi connectivity index (χ3n) is 4.67. The molecule has 29 heavy (non-hydrogen) atoms. The number of guanidine groups is 1. The summed E-state index contributed by atoms with van der Waals surface area (Å²) in [6.07, 6.45) is 2.66. The Morgan fingerprint density at radius 2 is 1.76 bits per heavy atom. The normalized spacial score (nSPS) is 19.7. The number of anilines is 1. The summed E-state index contributed by atoms with van der Waals surface area (Å²) in [5.41, 5.74) is 1.17. The van der Waals surface area contributed by atoms with Crippen molar-refractivity contribution >= 4 is 40.8 Å². The van der Waals surface area contributed by atoms with Crippen LogP contribution in [0.4, 0.5) is 10.1 Å². The van der Waals surface area contributed by atoms with Crippen molar-refractivity contribution in [3.8, 4) is 0 Å². The van der Waals surface area contributed by atoms with Crippen LogP contribution in [-0.2, 0) is 11.2 Å². The van der Waals surface area contributed by atoms with Gasteiger partial charge >= 0.3 is 0 Å². The van der Waals surface area contributed by atoms with Gasteiger partial charge in [-0.3, -0.25) is 4.79 Å². The average molecular weight is 438 g/mol. The topological polar surface area (TPSA) is 73.7 Å². The molecule has 1 amide bonds. The molecule has 3 N–H and O–H groups in total. The molecule has 0 radical (unpaired) electrons. The van der Waals surface area contributed by atoms with Crippen LogP contribution >= 0.6 is 23.2 Å². The molecule has 5 nitrogen and oxygen atoms in total. The summed E-state index contributed by atoms with van der Waals surface area (Å²) < 4.78 is 13.7. The van der Waals surface area contributed by atoms with Crippen LogP contribution in [0, 0.1) is 5.82 Å². The van der Waals surface area contributed by atoms with Crippen molar-refractivity contribution < 1.29 is 14.3 Å². The number of benzene rings is 2. The molecule has 2 aromatic rings. The number of nitrogens with one attached hydrogen (secondary N) is 2. The van der Waals surface area contributed by atoms with E-state index in [0.29, 0.717) is 23.6 Å². The highest BCUT2D eigenvalue weighted by molar-refractivity contribution is 6.31. The third kappa shape index (κ3) is 6.99. The number of rotatable bonds is 4. The first-order chi connectivity index (χ1) is 13.9. The van der Waals surface area contributed by atoms with Crippen LogP contribution in [0.25, 0.3) is 0 Å². The molecule has 1 aliphatic carbocycles. The molecule has 0 aromatic heterocycles. The summed E-state index contributed by atoms with van der Waals surface area (Å²) in [5, 5.41) is 16.7. The Hall–Kier alpha value is -2.15. The van der Waals surface area contributed by atoms with Gasteiger partial charge in [0.1, 0.15) is 5.82 Å². The quantitative estimate of drug-likeness (QED) is 0.483. The Labute approximate surface area is 178 Å². The maximum Gasteiger partial charge on any atom is 0.253 e. The van der Waals surface area contributed by atoms with Gasteiger partial charge in [0.25, 0.3) is 5.91 Å². The fourth-order valence-corrected chi connectivity index (χ4v) is 3.56. The highest BCUT2D eigenvalue weighted by Gasteiger charge is 2.21. The largest absolute Gasteiger partial charge is 0.393 e. The van der Waals surface area contributed by atoms with Gasteiger partial charge in [0.15, 0.2) is 0 Å². The molecule has 0 bridgehead atoms. The van der Waals surface area contributed by atoms with Crippen LogP contribution in [0.2, 0.25) is 10.0 Å². The fourth-order valence-electron chi connectivity index (χ4n) is 3.21. The second-order valence-corrected chi connectivity index (χ2v) is 7.96. The summed E-state index contributed by atoms with van der Waals surface area (Å²) in [7, 11) is 0. The summed E-state index contributed by atoms with van der Waals surface area (Å²) in [4.78, 5) is 16.6. The maximum absolute atomic E-state index is 13.7. The Kier molecular flexibility index (Phi) is 7.47. The molecule has 0 saturated heterocycles. The van der Waals surface area contributed by atoms with E-state index in [1.165, 1.54) is 12.1 Å². The fraction of sp³-hybridized carbons (Fsp3) is 0.333. The Bertz CT molecular complexity index is 862. The first-order valence-corrected chi connectivity index (χ1v) is 10.2. The maximum atomic E-state index is 13.7. The summed E-state index contributed by atoms with van der Waals surface area (Å²) in [5.74, 6) is -0.625. The van der Waals surface area contributed by atoms with E-state index in [0.717, 1.165) is 18.4 Å². The number of hydrogen-bond donors (Lipinski definition) is 3. The van der Waals surface area contributed by atoms with Crippen molar-refractivity contribution in [3.05, 3.63) is 63.9 Å². The molecule has 154 valence electrons. The van der Waals surface area contributed by atoms with E-state index < -0.39 is 5.82 Å². The molecule has 1 aliphatic rings. The highest BCUT2D eigenvalue weighted by Crippen LogP contribution is 2.20. The van der Waals surface area contributed by atoms with Crippen LogP contribution in [0.15, 0.2) is 47.5 Å². The Balaban J connectivity index is 1.75. The number of halogens is 3. The van der Waals surface area contributed by atoms with E-state index in [-0.39, 0.29) is 35.5 Å². The molecular formula is C21H22Cl2FN3O2. The van der Waals surface area contributed by atoms with Gasteiger partial charge in [0.2, 0.25) is 5.96 Å². The lowest BCUT2D eigenvalue weighted by Crippen LogP contribution is -2.42. The average Bonchev–Trinajstić information content (AvgIpc) is 2.64. The first kappa shape index (κ1) is 21.6. The van der Waals surface area contributed by atoms with Crippen molar-refractivity contribution in [1.29, 1.82) is 0 Å². The first-order valence-electron chi connectivity index (χ1n) is 9.41. The predicted octanol–water partition coefficient (Wildman–Crippen LogP) is 4.56. The van der Waals surface area contributed by atoms with E-state index in [1.807, 2.05) is 0 Å². The summed E-state index contributed by atoms with van der Waals surface area (Å²) >= 11 is 11.8. The van der Waals surface area contributed by atoms with E-state index in [4.69, 9.17) is 23.2 Å². The zero-order valence-electron chi connectivity index (χ0n) is 15.7. The molecule has 8 heteroatoms. The molecule has 0 aliphatic heterocycles. The standard InChI is InChI=1S/C21H22Cl2FN3O2/c22-14-3-1-13(2-4-14)9-20(29)27-21(25-17-5-7-19(28)8-6-17)26-18-11-15(23)10-16(24)12-18/h1-4,10-12,17,19,28H,5-9H2,(H2,25,26,27,29)/t17-,19-. The molecule has 2 aromatic carbocycles. The van der Waals surface area contributed by atoms with Crippen molar-refractivity contribution in [2.45, 2.75) is 44.2 Å². The Morgan fingerprint density at radius 3 is 2.41 bits per heavy atom. The molecular weight excluding hydrogens is 416 g/mol. The third-order valence-corrected chi connectivity index (χ3v) is 5.14. The van der Waals surface area contributed by atoms with Crippen LogP contribution in [0.1, 0.15) is 31.2 Å². The van der Waals surface area contributed by atoms with Gasteiger partial charge in [-0.1, -0.05) is 35.3 Å². The summed E-state index contributed by atoms with van der Waals surface area (Å²) in [6, 6.07) is 11.0. The zero-order valence-corrected chi connectivity index (χ0v) is 17.2. The lowest BCUT2D eigenvalue weighted by atomic mass is 9.93. The minimum Gasteiger partial charge on any atom is -0.393 e. The molecule has 0 heterocycles. The number of hydrogen-bond acceptors (Lipinski definition) is 2. The van der Waals surface area contributed by atoms with Gasteiger partial charge in [0.05, 0.1) is 12.5 Å². The number of amides is 1. The van der Waals surface area contributed by atoms with Crippen molar-refractivity contribution in [1.82, 2.24) is 5.32 Å². The van der Waals surface area contributed by atoms with Crippen LogP contribution in [-0.4, -0.2) is 29.1 Å². The van der Waals surface area contributed by atoms with E-state index >= 15 is 0 Å². The number of nitrogens with zero attached hydrogens (tertiary/aromatic N) is 1. The molecule has 1 saturated carbocycles. The van der Waals surface area contributed by atoms with Crippen molar-refractivity contribution in [3.63, 3.8) is 0 Å². The number of carbonyl (C=O) groups is 1. The number of aliphatic imine (C=N–C) groups is 1. The van der Waals surface area contributed by atoms with Gasteiger partial charge in [-0.2, -0.15) is 4.99 Å². The summed E-state index contributed by atoms with van der Waals surface area (Å²) in [6.45, 7) is 0. The molecule has 0 atom stereocenters. The zero-order chi connectivity index (χ0) is 20.8. The second kappa shape index (κ2) is 10.1. The number of carbonyl (C=O) groups excluding carboxylic acids is 1. The molecule has 0 spiro atoms. The van der Waals surface area contributed by atoms with E-state index in [9.17, 15) is 14.3 Å². The van der Waals surface area contributed by atoms with Crippen molar-refractivity contribution in [2.24, 2.45) is 4.99 Å². The number of aliphatic hydroxyl groups is 1. The minimum absolute atomic E-state index is 0.0528. The van der Waals surface area contributed by atoms with E-state index in [2.05, 4.69) is 15.6 Å². The van der Waals surface area contributed by atoms with E-state index in [1.54, 1.807) is 30.3 Å². The van der Waals surface area contributed by atoms with Gasteiger partial charge in [-0.25, -0.2) is 4.39 Å². The lowest BCUT2D eigenvalue weighted by Gasteiger charge is -2.27. The van der Waals surface area contributed by atoms with Gasteiger partial charge < -0.3 is 15.7 Å². The van der Waals surface area contributed by atoms with Crippen LogP contribution < -0.4 is 10.6 Å². The number of aliphatic hydroxyl groups excluding tert-OH is 1. The monoisotopic (exact) mass is 437 g/mol. The SMILES string of the molecule is O=C(Cc1ccc(Cl)cc1)/N=C(\Nc1cc(F)cc(Cl)c1)N[C@H]1CC[C@H](O)CC1. The molecule has 3 rings (SSSR count). The smallest absolute Gasteiger partial charge is 0.253 e. The van der Waals surface area contributed by atoms with Crippen LogP contribution in [0.5, 0.6) is 0 Å². The van der Waals surface area contributed by atoms with Gasteiger partial charge in [0, 0.05) is 21.8 Å². The minimum atomic E-state index is -0.493. The molecule has 1 fully saturated rings. The molecule has 0 unspecified atom stereocenters. The Morgan fingerprint density at radius 1 is 1.07 bits per heavy atom. The second-order valence-electron chi connectivity index (χ2n) is 7.09. The van der Waals surface area contributed by atoms with Gasteiger partial charge in [-0.05, 0) is 61.6 Å². The highest BCUT2D eigenvalue weighted by atomic mass is 35.5. The van der Waals surface area contributed by atoms with Crippen molar-refractivity contribution in [2.75, 3.05) is 5.32 Å². The predicted molar refractivity (Wildman–Crippen MR) is 114 cm³/mol. The van der Waals surface area contributed by atoms with Gasteiger partial charge in [-0.15, -0.1) is 0 Å². The lowest BCUT2D eigenvalue weighted by molar-refractivity contribution is -0.117.